The Hall–Kier alpha value is -1.27. The van der Waals surface area contributed by atoms with Crippen molar-refractivity contribution in [3.63, 3.8) is 0 Å². The van der Waals surface area contributed by atoms with Crippen LogP contribution in [0.25, 0.3) is 0 Å². The van der Waals surface area contributed by atoms with Gasteiger partial charge in [-0.15, -0.1) is 0 Å². The van der Waals surface area contributed by atoms with Gasteiger partial charge in [0, 0.05) is 12.7 Å². The quantitative estimate of drug-likeness (QED) is 0.640. The Morgan fingerprint density at radius 2 is 2.00 bits per heavy atom. The molecule has 78 valence electrons. The molecular formula is C8H13N3O2S. The first-order chi connectivity index (χ1) is 6.46. The molecule has 0 heterocycles. The second kappa shape index (κ2) is 3.85. The van der Waals surface area contributed by atoms with Crippen molar-refractivity contribution in [3.05, 3.63) is 23.8 Å². The maximum atomic E-state index is 11.2. The van der Waals surface area contributed by atoms with E-state index in [1.807, 2.05) is 0 Å². The van der Waals surface area contributed by atoms with E-state index < -0.39 is 10.2 Å². The summed E-state index contributed by atoms with van der Waals surface area (Å²) in [7, 11) is -2.13. The van der Waals surface area contributed by atoms with Gasteiger partial charge in [-0.05, 0) is 24.6 Å². The number of nitrogens with two attached hydrogens (primary N) is 1. The molecular weight excluding hydrogens is 202 g/mol. The highest BCUT2D eigenvalue weighted by Gasteiger charge is 2.08. The minimum Gasteiger partial charge on any atom is -0.398 e. The van der Waals surface area contributed by atoms with E-state index in [2.05, 4.69) is 9.44 Å². The van der Waals surface area contributed by atoms with Gasteiger partial charge in [0.25, 0.3) is 10.2 Å². The fourth-order valence-electron chi connectivity index (χ4n) is 0.960. The zero-order valence-corrected chi connectivity index (χ0v) is 8.85. The molecule has 0 aliphatic rings. The van der Waals surface area contributed by atoms with Crippen molar-refractivity contribution in [3.8, 4) is 0 Å². The van der Waals surface area contributed by atoms with E-state index in [0.717, 1.165) is 0 Å². The van der Waals surface area contributed by atoms with Crippen molar-refractivity contribution in [2.45, 2.75) is 6.92 Å². The first-order valence-corrected chi connectivity index (χ1v) is 5.51. The highest BCUT2D eigenvalue weighted by molar-refractivity contribution is 7.90. The maximum Gasteiger partial charge on any atom is 0.298 e. The summed E-state index contributed by atoms with van der Waals surface area (Å²) in [5, 5.41) is 0. The lowest BCUT2D eigenvalue weighted by atomic mass is 10.2. The van der Waals surface area contributed by atoms with Crippen molar-refractivity contribution >= 4 is 21.6 Å². The molecule has 0 saturated carbocycles. The van der Waals surface area contributed by atoms with Gasteiger partial charge in [0.15, 0.2) is 0 Å². The van der Waals surface area contributed by atoms with Gasteiger partial charge in [-0.25, -0.2) is 4.72 Å². The molecule has 0 aliphatic carbocycles. The standard InChI is InChI=1S/C8H13N3O2S/c1-6-7(9)4-3-5-8(6)11-14(12,13)10-2/h3-5,10-11H,9H2,1-2H3. The summed E-state index contributed by atoms with van der Waals surface area (Å²) in [5.74, 6) is 0. The summed E-state index contributed by atoms with van der Waals surface area (Å²) in [6.45, 7) is 1.75. The summed E-state index contributed by atoms with van der Waals surface area (Å²) in [6, 6.07) is 5.06. The fraction of sp³-hybridized carbons (Fsp3) is 0.250. The van der Waals surface area contributed by atoms with Crippen molar-refractivity contribution in [1.82, 2.24) is 4.72 Å². The van der Waals surface area contributed by atoms with Crippen LogP contribution in [0.1, 0.15) is 5.56 Å². The summed E-state index contributed by atoms with van der Waals surface area (Å²) >= 11 is 0. The van der Waals surface area contributed by atoms with Crippen LogP contribution in [0.3, 0.4) is 0 Å². The maximum absolute atomic E-state index is 11.2. The molecule has 0 unspecified atom stereocenters. The van der Waals surface area contributed by atoms with Crippen LogP contribution < -0.4 is 15.2 Å². The first kappa shape index (κ1) is 10.8. The molecule has 0 radical (unpaired) electrons. The Morgan fingerprint density at radius 3 is 2.57 bits per heavy atom. The third-order valence-electron chi connectivity index (χ3n) is 1.89. The summed E-state index contributed by atoms with van der Waals surface area (Å²) in [5.41, 5.74) is 7.38. The minimum atomic E-state index is -3.47. The Labute approximate surface area is 83.5 Å². The number of anilines is 2. The van der Waals surface area contributed by atoms with Crippen LogP contribution in [-0.4, -0.2) is 15.5 Å². The molecule has 0 amide bonds. The van der Waals surface area contributed by atoms with Crippen molar-refractivity contribution < 1.29 is 8.42 Å². The van der Waals surface area contributed by atoms with Gasteiger partial charge in [0.05, 0.1) is 5.69 Å². The molecule has 0 spiro atoms. The molecule has 0 fully saturated rings. The predicted molar refractivity (Wildman–Crippen MR) is 57.2 cm³/mol. The summed E-state index contributed by atoms with van der Waals surface area (Å²) in [4.78, 5) is 0. The third kappa shape index (κ3) is 2.36. The predicted octanol–water partition coefficient (Wildman–Crippen LogP) is 0.453. The average molecular weight is 215 g/mol. The van der Waals surface area contributed by atoms with Crippen molar-refractivity contribution in [2.75, 3.05) is 17.5 Å². The highest BCUT2D eigenvalue weighted by Crippen LogP contribution is 2.20. The summed E-state index contributed by atoms with van der Waals surface area (Å²) < 4.78 is 26.9. The molecule has 0 saturated heterocycles. The van der Waals surface area contributed by atoms with E-state index >= 15 is 0 Å². The average Bonchev–Trinajstić information content (AvgIpc) is 2.13. The molecule has 0 aliphatic heterocycles. The highest BCUT2D eigenvalue weighted by atomic mass is 32.2. The zero-order chi connectivity index (χ0) is 10.8. The number of nitrogens with one attached hydrogen (secondary N) is 2. The van der Waals surface area contributed by atoms with Crippen LogP contribution in [-0.2, 0) is 10.2 Å². The molecule has 1 aromatic rings. The van der Waals surface area contributed by atoms with Crippen LogP contribution in [0.4, 0.5) is 11.4 Å². The van der Waals surface area contributed by atoms with E-state index in [1.165, 1.54) is 7.05 Å². The van der Waals surface area contributed by atoms with E-state index in [-0.39, 0.29) is 0 Å². The molecule has 14 heavy (non-hydrogen) atoms. The minimum absolute atomic E-state index is 0.486. The smallest absolute Gasteiger partial charge is 0.298 e. The first-order valence-electron chi connectivity index (χ1n) is 4.02. The third-order valence-corrected chi connectivity index (χ3v) is 2.91. The topological polar surface area (TPSA) is 84.2 Å². The van der Waals surface area contributed by atoms with Gasteiger partial charge in [-0.1, -0.05) is 6.07 Å². The Balaban J connectivity index is 3.05. The molecule has 4 N–H and O–H groups in total. The number of hydrogen-bond donors (Lipinski definition) is 3. The van der Waals surface area contributed by atoms with Gasteiger partial charge in [0.1, 0.15) is 0 Å². The van der Waals surface area contributed by atoms with Gasteiger partial charge in [0.2, 0.25) is 0 Å². The number of benzene rings is 1. The van der Waals surface area contributed by atoms with E-state index in [1.54, 1.807) is 25.1 Å². The lowest BCUT2D eigenvalue weighted by Gasteiger charge is -2.10. The van der Waals surface area contributed by atoms with Gasteiger partial charge < -0.3 is 5.73 Å². The van der Waals surface area contributed by atoms with Crippen molar-refractivity contribution in [1.29, 1.82) is 0 Å². The normalized spacial score (nSPS) is 11.3. The van der Waals surface area contributed by atoms with E-state index in [0.29, 0.717) is 16.9 Å². The van der Waals surface area contributed by atoms with Crippen LogP contribution in [0, 0.1) is 6.92 Å². The molecule has 0 aromatic heterocycles. The molecule has 0 atom stereocenters. The van der Waals surface area contributed by atoms with Crippen molar-refractivity contribution in [2.24, 2.45) is 0 Å². The largest absolute Gasteiger partial charge is 0.398 e. The fourth-order valence-corrected chi connectivity index (χ4v) is 1.57. The summed E-state index contributed by atoms with van der Waals surface area (Å²) in [6.07, 6.45) is 0. The van der Waals surface area contributed by atoms with E-state index in [9.17, 15) is 8.42 Å². The van der Waals surface area contributed by atoms with Crippen LogP contribution >= 0.6 is 0 Å². The monoisotopic (exact) mass is 215 g/mol. The van der Waals surface area contributed by atoms with Crippen LogP contribution in [0.15, 0.2) is 18.2 Å². The van der Waals surface area contributed by atoms with Crippen LogP contribution in [0.5, 0.6) is 0 Å². The molecule has 5 nitrogen and oxygen atoms in total. The molecule has 1 rings (SSSR count). The second-order valence-electron chi connectivity index (χ2n) is 2.83. The number of nitrogen functional groups attached to an aromatic ring is 1. The Bertz CT molecular complexity index is 428. The van der Waals surface area contributed by atoms with Gasteiger partial charge in [-0.3, -0.25) is 4.72 Å². The number of rotatable bonds is 3. The second-order valence-corrected chi connectivity index (χ2v) is 4.45. The Morgan fingerprint density at radius 1 is 1.36 bits per heavy atom. The number of hydrogen-bond acceptors (Lipinski definition) is 3. The van der Waals surface area contributed by atoms with Gasteiger partial charge >= 0.3 is 0 Å². The molecule has 6 heteroatoms. The lowest BCUT2D eigenvalue weighted by molar-refractivity contribution is 0.593. The lowest BCUT2D eigenvalue weighted by Crippen LogP contribution is -2.26. The van der Waals surface area contributed by atoms with E-state index in [4.69, 9.17) is 5.73 Å². The zero-order valence-electron chi connectivity index (χ0n) is 8.03. The molecule has 0 bridgehead atoms. The van der Waals surface area contributed by atoms with Gasteiger partial charge in [-0.2, -0.15) is 8.42 Å². The van der Waals surface area contributed by atoms with Crippen LogP contribution in [0.2, 0.25) is 0 Å². The SMILES string of the molecule is CNS(=O)(=O)Nc1cccc(N)c1C. The molecule has 1 aromatic carbocycles. The Kier molecular flexibility index (Phi) is 2.97.